The fourth-order valence-corrected chi connectivity index (χ4v) is 3.46. The quantitative estimate of drug-likeness (QED) is 0.361. The minimum absolute atomic E-state index is 0.0991. The molecule has 128 valence electrons. The molecule has 0 fully saturated rings. The fraction of sp³-hybridized carbons (Fsp3) is 0.150. The Morgan fingerprint density at radius 2 is 1.68 bits per heavy atom. The minimum Gasteiger partial charge on any atom is -0.467 e. The second-order valence-electron chi connectivity index (χ2n) is 5.42. The molecule has 2 aromatic carbocycles. The number of benzene rings is 2. The summed E-state index contributed by atoms with van der Waals surface area (Å²) in [7, 11) is 0. The van der Waals surface area contributed by atoms with Crippen LogP contribution in [0.15, 0.2) is 88.4 Å². The van der Waals surface area contributed by atoms with Crippen LogP contribution in [0.2, 0.25) is 0 Å². The molecule has 2 N–H and O–H groups in total. The Bertz CT molecular complexity index is 761. The Morgan fingerprint density at radius 1 is 0.960 bits per heavy atom. The van der Waals surface area contributed by atoms with Crippen LogP contribution in [0.1, 0.15) is 17.4 Å². The van der Waals surface area contributed by atoms with Crippen LogP contribution in [-0.2, 0) is 0 Å². The number of nitrogens with one attached hydrogen (secondary N) is 2. The summed E-state index contributed by atoms with van der Waals surface area (Å²) < 4.78 is 5.58. The van der Waals surface area contributed by atoms with Crippen LogP contribution in [0.5, 0.6) is 0 Å². The average molecular weight is 369 g/mol. The van der Waals surface area contributed by atoms with Crippen LogP contribution in [0.25, 0.3) is 0 Å². The SMILES string of the molecule is S=C(NCCSc1ccccc1)N[C@@H](c1ccccc1)c1ccco1. The highest BCUT2D eigenvalue weighted by atomic mass is 32.2. The number of rotatable bonds is 7. The van der Waals surface area contributed by atoms with E-state index in [1.807, 2.05) is 48.2 Å². The van der Waals surface area contributed by atoms with E-state index in [2.05, 4.69) is 47.0 Å². The van der Waals surface area contributed by atoms with E-state index in [0.717, 1.165) is 23.6 Å². The molecule has 5 heteroatoms. The van der Waals surface area contributed by atoms with Crippen molar-refractivity contribution in [3.63, 3.8) is 0 Å². The van der Waals surface area contributed by atoms with E-state index >= 15 is 0 Å². The zero-order chi connectivity index (χ0) is 17.3. The molecule has 0 saturated carbocycles. The van der Waals surface area contributed by atoms with E-state index in [1.54, 1.807) is 6.26 Å². The van der Waals surface area contributed by atoms with Gasteiger partial charge in [-0.2, -0.15) is 0 Å². The monoisotopic (exact) mass is 368 g/mol. The summed E-state index contributed by atoms with van der Waals surface area (Å²) in [6.07, 6.45) is 1.68. The summed E-state index contributed by atoms with van der Waals surface area (Å²) in [5.41, 5.74) is 1.11. The van der Waals surface area contributed by atoms with Crippen molar-refractivity contribution >= 4 is 29.1 Å². The Morgan fingerprint density at radius 3 is 2.36 bits per heavy atom. The number of thiocarbonyl (C=S) groups is 1. The Hall–Kier alpha value is -2.24. The van der Waals surface area contributed by atoms with Crippen LogP contribution in [-0.4, -0.2) is 17.4 Å². The van der Waals surface area contributed by atoms with Crippen molar-refractivity contribution in [2.45, 2.75) is 10.9 Å². The van der Waals surface area contributed by atoms with Crippen LogP contribution in [0.3, 0.4) is 0 Å². The summed E-state index contributed by atoms with van der Waals surface area (Å²) in [6.45, 7) is 0.797. The molecule has 1 aromatic heterocycles. The lowest BCUT2D eigenvalue weighted by Crippen LogP contribution is -2.39. The maximum Gasteiger partial charge on any atom is 0.167 e. The minimum atomic E-state index is -0.0991. The van der Waals surface area contributed by atoms with Crippen LogP contribution >= 0.6 is 24.0 Å². The predicted octanol–water partition coefficient (Wildman–Crippen LogP) is 4.63. The van der Waals surface area contributed by atoms with Crippen molar-refractivity contribution in [1.82, 2.24) is 10.6 Å². The lowest BCUT2D eigenvalue weighted by Gasteiger charge is -2.19. The molecule has 1 heterocycles. The molecular formula is C20H20N2OS2. The smallest absolute Gasteiger partial charge is 0.167 e. The summed E-state index contributed by atoms with van der Waals surface area (Å²) in [5, 5.41) is 7.25. The Kier molecular flexibility index (Phi) is 6.54. The largest absolute Gasteiger partial charge is 0.467 e. The first-order valence-corrected chi connectivity index (χ1v) is 9.53. The maximum atomic E-state index is 5.58. The standard InChI is InChI=1S/C20H20N2OS2/c24-20(21-13-15-25-17-10-5-2-6-11-17)22-19(18-12-7-14-23-18)16-8-3-1-4-9-16/h1-12,14,19H,13,15H2,(H2,21,22,24)/t19-/m0/s1. The number of thioether (sulfide) groups is 1. The van der Waals surface area contributed by atoms with Crippen molar-refractivity contribution in [2.24, 2.45) is 0 Å². The van der Waals surface area contributed by atoms with Gasteiger partial charge in [0.1, 0.15) is 11.8 Å². The number of hydrogen-bond donors (Lipinski definition) is 2. The van der Waals surface area contributed by atoms with Gasteiger partial charge in [0.2, 0.25) is 0 Å². The third-order valence-electron chi connectivity index (χ3n) is 3.64. The zero-order valence-corrected chi connectivity index (χ0v) is 15.4. The number of hydrogen-bond acceptors (Lipinski definition) is 3. The molecule has 0 aliphatic rings. The molecule has 0 radical (unpaired) electrons. The molecule has 25 heavy (non-hydrogen) atoms. The van der Waals surface area contributed by atoms with Crippen LogP contribution < -0.4 is 10.6 Å². The van der Waals surface area contributed by atoms with Crippen LogP contribution in [0.4, 0.5) is 0 Å². The van der Waals surface area contributed by atoms with Gasteiger partial charge < -0.3 is 15.1 Å². The molecule has 1 atom stereocenters. The molecule has 3 aromatic rings. The first-order chi connectivity index (χ1) is 12.3. The molecule has 0 saturated heterocycles. The highest BCUT2D eigenvalue weighted by Gasteiger charge is 2.17. The highest BCUT2D eigenvalue weighted by molar-refractivity contribution is 7.99. The van der Waals surface area contributed by atoms with Crippen molar-refractivity contribution in [1.29, 1.82) is 0 Å². The van der Waals surface area contributed by atoms with Gasteiger partial charge in [-0.15, -0.1) is 11.8 Å². The van der Waals surface area contributed by atoms with Gasteiger partial charge >= 0.3 is 0 Å². The second kappa shape index (κ2) is 9.30. The van der Waals surface area contributed by atoms with Gasteiger partial charge in [0.15, 0.2) is 5.11 Å². The lowest BCUT2D eigenvalue weighted by molar-refractivity contribution is 0.474. The third-order valence-corrected chi connectivity index (χ3v) is 4.91. The lowest BCUT2D eigenvalue weighted by atomic mass is 10.1. The topological polar surface area (TPSA) is 37.2 Å². The highest BCUT2D eigenvalue weighted by Crippen LogP contribution is 2.22. The normalized spacial score (nSPS) is 11.7. The molecular weight excluding hydrogens is 348 g/mol. The fourth-order valence-electron chi connectivity index (χ4n) is 2.45. The summed E-state index contributed by atoms with van der Waals surface area (Å²) in [5.74, 6) is 1.79. The van der Waals surface area contributed by atoms with E-state index in [9.17, 15) is 0 Å². The van der Waals surface area contributed by atoms with Crippen molar-refractivity contribution < 1.29 is 4.42 Å². The molecule has 0 amide bonds. The summed E-state index contributed by atoms with van der Waals surface area (Å²) in [4.78, 5) is 1.26. The predicted molar refractivity (Wildman–Crippen MR) is 108 cm³/mol. The maximum absolute atomic E-state index is 5.58. The van der Waals surface area contributed by atoms with E-state index in [4.69, 9.17) is 16.6 Å². The molecule has 3 rings (SSSR count). The second-order valence-corrected chi connectivity index (χ2v) is 7.00. The Labute approximate surface area is 157 Å². The van der Waals surface area contributed by atoms with Crippen molar-refractivity contribution in [3.8, 4) is 0 Å². The van der Waals surface area contributed by atoms with Crippen molar-refractivity contribution in [3.05, 3.63) is 90.4 Å². The summed E-state index contributed by atoms with van der Waals surface area (Å²) in [6, 6.07) is 24.3. The Balaban J connectivity index is 1.52. The molecule has 0 bridgehead atoms. The summed E-state index contributed by atoms with van der Waals surface area (Å²) >= 11 is 7.27. The average Bonchev–Trinajstić information content (AvgIpc) is 3.19. The first-order valence-electron chi connectivity index (χ1n) is 8.13. The van der Waals surface area contributed by atoms with Gasteiger partial charge in [0.25, 0.3) is 0 Å². The van der Waals surface area contributed by atoms with Gasteiger partial charge in [-0.05, 0) is 42.0 Å². The van der Waals surface area contributed by atoms with Gasteiger partial charge in [0.05, 0.1) is 6.26 Å². The third kappa shape index (κ3) is 5.37. The number of furan rings is 1. The zero-order valence-electron chi connectivity index (χ0n) is 13.7. The van der Waals surface area contributed by atoms with E-state index in [-0.39, 0.29) is 6.04 Å². The van der Waals surface area contributed by atoms with E-state index < -0.39 is 0 Å². The van der Waals surface area contributed by atoms with Gasteiger partial charge in [-0.25, -0.2) is 0 Å². The van der Waals surface area contributed by atoms with Gasteiger partial charge in [-0.3, -0.25) is 0 Å². The van der Waals surface area contributed by atoms with E-state index in [0.29, 0.717) is 5.11 Å². The first kappa shape index (κ1) is 17.6. The molecule has 0 aliphatic heterocycles. The van der Waals surface area contributed by atoms with Gasteiger partial charge in [0, 0.05) is 17.2 Å². The van der Waals surface area contributed by atoms with Crippen molar-refractivity contribution in [2.75, 3.05) is 12.3 Å². The molecule has 0 unspecified atom stereocenters. The molecule has 0 spiro atoms. The van der Waals surface area contributed by atoms with Gasteiger partial charge in [-0.1, -0.05) is 48.5 Å². The van der Waals surface area contributed by atoms with E-state index in [1.165, 1.54) is 4.90 Å². The molecule has 0 aliphatic carbocycles. The molecule has 3 nitrogen and oxygen atoms in total. The van der Waals surface area contributed by atoms with Crippen LogP contribution in [0, 0.1) is 0 Å².